The number of carbonyl (C=O) groups is 1. The van der Waals surface area contributed by atoms with Crippen LogP contribution >= 0.6 is 0 Å². The summed E-state index contributed by atoms with van der Waals surface area (Å²) in [5.41, 5.74) is -0.755. The first-order valence-electron chi connectivity index (χ1n) is 6.21. The highest BCUT2D eigenvalue weighted by Gasteiger charge is 2.40. The molecule has 0 atom stereocenters. The van der Waals surface area contributed by atoms with E-state index in [1.54, 1.807) is 31.2 Å². The molecule has 20 heavy (non-hydrogen) atoms. The lowest BCUT2D eigenvalue weighted by Gasteiger charge is -2.31. The molecule has 1 rings (SSSR count). The molecular formula is C14H19NO4S. The average molecular weight is 297 g/mol. The molecule has 0 heterocycles. The molecule has 0 spiro atoms. The van der Waals surface area contributed by atoms with Gasteiger partial charge in [-0.25, -0.2) is 8.42 Å². The van der Waals surface area contributed by atoms with Gasteiger partial charge in [0.1, 0.15) is 5.54 Å². The van der Waals surface area contributed by atoms with E-state index >= 15 is 0 Å². The zero-order valence-electron chi connectivity index (χ0n) is 11.8. The summed E-state index contributed by atoms with van der Waals surface area (Å²) in [6.07, 6.45) is 1.45. The van der Waals surface area contributed by atoms with Gasteiger partial charge in [0, 0.05) is 12.0 Å². The van der Waals surface area contributed by atoms with Gasteiger partial charge in [0.2, 0.25) is 10.0 Å². The molecule has 6 heteroatoms. The monoisotopic (exact) mass is 297 g/mol. The number of aliphatic carboxylic acids is 1. The number of sulfonamides is 1. The minimum atomic E-state index is -3.80. The lowest BCUT2D eigenvalue weighted by Crippen LogP contribution is -2.52. The van der Waals surface area contributed by atoms with Crippen LogP contribution in [0.2, 0.25) is 0 Å². The third-order valence-electron chi connectivity index (χ3n) is 2.97. The largest absolute Gasteiger partial charge is 0.480 e. The van der Waals surface area contributed by atoms with E-state index in [9.17, 15) is 13.2 Å². The van der Waals surface area contributed by atoms with Crippen LogP contribution in [-0.2, 0) is 14.8 Å². The van der Waals surface area contributed by atoms with Crippen molar-refractivity contribution >= 4 is 22.1 Å². The molecule has 5 nitrogen and oxygen atoms in total. The number of rotatable bonds is 6. The van der Waals surface area contributed by atoms with Crippen molar-refractivity contribution in [3.63, 3.8) is 0 Å². The van der Waals surface area contributed by atoms with Gasteiger partial charge in [-0.05, 0) is 25.5 Å². The Labute approximate surface area is 119 Å². The highest BCUT2D eigenvalue weighted by Crippen LogP contribution is 2.20. The highest BCUT2D eigenvalue weighted by atomic mass is 32.2. The van der Waals surface area contributed by atoms with E-state index in [2.05, 4.69) is 0 Å². The molecule has 0 aliphatic rings. The van der Waals surface area contributed by atoms with Crippen molar-refractivity contribution in [2.75, 3.05) is 6.54 Å². The average Bonchev–Trinajstić information content (AvgIpc) is 2.37. The predicted molar refractivity (Wildman–Crippen MR) is 78.5 cm³/mol. The predicted octanol–water partition coefficient (Wildman–Crippen LogP) is 2.17. The number of carboxylic acid groups (broad SMARTS) is 1. The summed E-state index contributed by atoms with van der Waals surface area (Å²) in [5.74, 6) is -1.18. The fourth-order valence-electron chi connectivity index (χ4n) is 1.80. The molecule has 0 saturated heterocycles. The Kier molecular flexibility index (Phi) is 5.08. The lowest BCUT2D eigenvalue weighted by atomic mass is 10.1. The molecule has 110 valence electrons. The SMILES string of the molecule is CCN(C(C)(C)C(=O)O)S(=O)(=O)C=Cc1ccccc1. The lowest BCUT2D eigenvalue weighted by molar-refractivity contribution is -0.146. The molecule has 0 aliphatic heterocycles. The molecule has 0 unspecified atom stereocenters. The van der Waals surface area contributed by atoms with Crippen molar-refractivity contribution in [3.8, 4) is 0 Å². The number of hydrogen-bond donors (Lipinski definition) is 1. The van der Waals surface area contributed by atoms with Crippen molar-refractivity contribution in [1.29, 1.82) is 0 Å². The summed E-state index contributed by atoms with van der Waals surface area (Å²) in [4.78, 5) is 11.2. The van der Waals surface area contributed by atoms with Crippen molar-refractivity contribution in [2.24, 2.45) is 0 Å². The van der Waals surface area contributed by atoms with E-state index in [1.807, 2.05) is 6.07 Å². The Morgan fingerprint density at radius 3 is 2.30 bits per heavy atom. The standard InChI is InChI=1S/C14H19NO4S/c1-4-15(14(2,3)13(16)17)20(18,19)11-10-12-8-6-5-7-9-12/h5-11H,4H2,1-3H3,(H,16,17). The second-order valence-electron chi connectivity index (χ2n) is 4.79. The zero-order valence-corrected chi connectivity index (χ0v) is 12.6. The number of hydrogen-bond acceptors (Lipinski definition) is 3. The van der Waals surface area contributed by atoms with E-state index < -0.39 is 21.5 Å². The second kappa shape index (κ2) is 6.19. The van der Waals surface area contributed by atoms with Gasteiger partial charge in [0.05, 0.1) is 0 Å². The third-order valence-corrected chi connectivity index (χ3v) is 4.78. The van der Waals surface area contributed by atoms with Crippen molar-refractivity contribution < 1.29 is 18.3 Å². The van der Waals surface area contributed by atoms with Crippen molar-refractivity contribution in [1.82, 2.24) is 4.31 Å². The molecule has 1 aromatic carbocycles. The van der Waals surface area contributed by atoms with Gasteiger partial charge in [0.25, 0.3) is 0 Å². The van der Waals surface area contributed by atoms with Crippen LogP contribution in [0.15, 0.2) is 35.7 Å². The summed E-state index contributed by atoms with van der Waals surface area (Å²) < 4.78 is 25.5. The number of carboxylic acids is 1. The maximum absolute atomic E-state index is 12.3. The Balaban J connectivity index is 3.09. The van der Waals surface area contributed by atoms with Crippen LogP contribution in [0.1, 0.15) is 26.3 Å². The smallest absolute Gasteiger partial charge is 0.324 e. The summed E-state index contributed by atoms with van der Waals surface area (Å²) in [6.45, 7) is 4.43. The molecule has 1 aromatic rings. The maximum atomic E-state index is 12.3. The summed E-state index contributed by atoms with van der Waals surface area (Å²) in [6, 6.07) is 8.96. The Hall–Kier alpha value is -1.66. The molecule has 0 aliphatic carbocycles. The Bertz CT molecular complexity index is 591. The third kappa shape index (κ3) is 3.68. The van der Waals surface area contributed by atoms with Crippen LogP contribution in [-0.4, -0.2) is 35.9 Å². The number of benzene rings is 1. The molecule has 0 amide bonds. The molecule has 0 aromatic heterocycles. The van der Waals surface area contributed by atoms with Gasteiger partial charge in [-0.1, -0.05) is 37.3 Å². The summed E-state index contributed by atoms with van der Waals surface area (Å²) in [5, 5.41) is 10.2. The normalized spacial score (nSPS) is 13.0. The van der Waals surface area contributed by atoms with Crippen molar-refractivity contribution in [3.05, 3.63) is 41.3 Å². The Morgan fingerprint density at radius 1 is 1.30 bits per heavy atom. The Morgan fingerprint density at radius 2 is 1.85 bits per heavy atom. The van der Waals surface area contributed by atoms with Gasteiger partial charge in [0.15, 0.2) is 0 Å². The number of nitrogens with zero attached hydrogens (tertiary/aromatic N) is 1. The van der Waals surface area contributed by atoms with E-state index in [1.165, 1.54) is 19.9 Å². The molecular weight excluding hydrogens is 278 g/mol. The van der Waals surface area contributed by atoms with Crippen LogP contribution in [0.4, 0.5) is 0 Å². The first-order valence-corrected chi connectivity index (χ1v) is 7.71. The zero-order chi connectivity index (χ0) is 15.4. The van der Waals surface area contributed by atoms with Gasteiger partial charge < -0.3 is 5.11 Å². The molecule has 0 fully saturated rings. The summed E-state index contributed by atoms with van der Waals surface area (Å²) >= 11 is 0. The minimum Gasteiger partial charge on any atom is -0.480 e. The van der Waals surface area contributed by atoms with Crippen LogP contribution in [0.3, 0.4) is 0 Å². The molecule has 1 N–H and O–H groups in total. The van der Waals surface area contributed by atoms with E-state index in [4.69, 9.17) is 5.11 Å². The van der Waals surface area contributed by atoms with Crippen LogP contribution in [0.5, 0.6) is 0 Å². The van der Waals surface area contributed by atoms with Gasteiger partial charge in [-0.2, -0.15) is 4.31 Å². The first-order chi connectivity index (χ1) is 9.21. The second-order valence-corrected chi connectivity index (χ2v) is 6.53. The summed E-state index contributed by atoms with van der Waals surface area (Å²) in [7, 11) is -3.80. The molecule has 0 radical (unpaired) electrons. The van der Waals surface area contributed by atoms with Gasteiger partial charge >= 0.3 is 5.97 Å². The quantitative estimate of drug-likeness (QED) is 0.873. The first kappa shape index (κ1) is 16.4. The van der Waals surface area contributed by atoms with Crippen LogP contribution in [0.25, 0.3) is 6.08 Å². The van der Waals surface area contributed by atoms with E-state index in [-0.39, 0.29) is 6.54 Å². The van der Waals surface area contributed by atoms with Gasteiger partial charge in [-0.15, -0.1) is 0 Å². The van der Waals surface area contributed by atoms with E-state index in [0.717, 1.165) is 15.3 Å². The van der Waals surface area contributed by atoms with Crippen LogP contribution < -0.4 is 0 Å². The highest BCUT2D eigenvalue weighted by molar-refractivity contribution is 7.92. The maximum Gasteiger partial charge on any atom is 0.324 e. The van der Waals surface area contributed by atoms with Crippen LogP contribution in [0, 0.1) is 0 Å². The fourth-order valence-corrected chi connectivity index (χ4v) is 3.35. The fraction of sp³-hybridized carbons (Fsp3) is 0.357. The van der Waals surface area contributed by atoms with Crippen molar-refractivity contribution in [2.45, 2.75) is 26.3 Å². The topological polar surface area (TPSA) is 74.7 Å². The molecule has 0 bridgehead atoms. The molecule has 0 saturated carbocycles. The van der Waals surface area contributed by atoms with Gasteiger partial charge in [-0.3, -0.25) is 4.79 Å². The van der Waals surface area contributed by atoms with E-state index in [0.29, 0.717) is 0 Å². The minimum absolute atomic E-state index is 0.0841. The number of likely N-dealkylation sites (N-methyl/N-ethyl adjacent to an activating group) is 1.